The van der Waals surface area contributed by atoms with E-state index >= 15 is 0 Å². The summed E-state index contributed by atoms with van der Waals surface area (Å²) in [5.41, 5.74) is 3.11. The molecule has 0 spiro atoms. The summed E-state index contributed by atoms with van der Waals surface area (Å²) in [5.74, 6) is -0.729. The van der Waals surface area contributed by atoms with Gasteiger partial charge in [-0.3, -0.25) is 14.5 Å². The van der Waals surface area contributed by atoms with Gasteiger partial charge in [-0.1, -0.05) is 61.9 Å². The summed E-state index contributed by atoms with van der Waals surface area (Å²) in [4.78, 5) is 39.5. The first-order valence-corrected chi connectivity index (χ1v) is 11.0. The number of aryl methyl sites for hydroxylation is 2. The molecule has 0 radical (unpaired) electrons. The van der Waals surface area contributed by atoms with E-state index < -0.39 is 17.5 Å². The summed E-state index contributed by atoms with van der Waals surface area (Å²) in [6.45, 7) is 3.52. The molecule has 0 saturated carbocycles. The van der Waals surface area contributed by atoms with Crippen LogP contribution >= 0.6 is 0 Å². The molecule has 4 amide bonds. The van der Waals surface area contributed by atoms with E-state index in [1.54, 1.807) is 6.92 Å². The van der Waals surface area contributed by atoms with Crippen molar-refractivity contribution in [3.63, 3.8) is 0 Å². The predicted octanol–water partition coefficient (Wildman–Crippen LogP) is 3.60. The van der Waals surface area contributed by atoms with Crippen molar-refractivity contribution in [2.45, 2.75) is 57.5 Å². The number of hydrogen-bond acceptors (Lipinski definition) is 3. The highest BCUT2D eigenvalue weighted by atomic mass is 16.2. The molecule has 6 heteroatoms. The number of nitrogens with one attached hydrogen (secondary N) is 2. The molecule has 6 nitrogen and oxygen atoms in total. The molecule has 1 heterocycles. The molecule has 31 heavy (non-hydrogen) atoms. The van der Waals surface area contributed by atoms with Crippen LogP contribution in [0, 0.1) is 0 Å². The number of fused-ring (bicyclic) bond motifs is 1. The van der Waals surface area contributed by atoms with Crippen molar-refractivity contribution in [1.82, 2.24) is 15.5 Å². The van der Waals surface area contributed by atoms with E-state index in [1.807, 2.05) is 42.5 Å². The first-order chi connectivity index (χ1) is 14.9. The molecule has 1 saturated heterocycles. The number of nitrogens with zero attached hydrogens (tertiary/aromatic N) is 1. The monoisotopic (exact) mass is 419 g/mol. The van der Waals surface area contributed by atoms with Gasteiger partial charge in [-0.15, -0.1) is 0 Å². The Labute approximate surface area is 183 Å². The highest BCUT2D eigenvalue weighted by molar-refractivity contribution is 6.09. The van der Waals surface area contributed by atoms with Crippen LogP contribution in [0.5, 0.6) is 0 Å². The molecule has 2 aliphatic rings. The van der Waals surface area contributed by atoms with Crippen molar-refractivity contribution in [2.75, 3.05) is 6.54 Å². The quantitative estimate of drug-likeness (QED) is 0.702. The summed E-state index contributed by atoms with van der Waals surface area (Å²) < 4.78 is 0. The van der Waals surface area contributed by atoms with E-state index in [2.05, 4.69) is 23.6 Å². The highest BCUT2D eigenvalue weighted by Crippen LogP contribution is 2.31. The van der Waals surface area contributed by atoms with Gasteiger partial charge in [0.2, 0.25) is 5.91 Å². The largest absolute Gasteiger partial charge is 0.348 e. The molecule has 2 N–H and O–H groups in total. The molecule has 4 rings (SSSR count). The second-order valence-electron chi connectivity index (χ2n) is 8.60. The van der Waals surface area contributed by atoms with E-state index in [4.69, 9.17) is 0 Å². The first kappa shape index (κ1) is 21.1. The van der Waals surface area contributed by atoms with E-state index in [-0.39, 0.29) is 18.5 Å². The van der Waals surface area contributed by atoms with Gasteiger partial charge in [-0.2, -0.15) is 0 Å². The van der Waals surface area contributed by atoms with Gasteiger partial charge in [0.25, 0.3) is 5.91 Å². The van der Waals surface area contributed by atoms with Gasteiger partial charge in [0.15, 0.2) is 0 Å². The third-order valence-electron chi connectivity index (χ3n) is 6.35. The van der Waals surface area contributed by atoms with Crippen LogP contribution in [0.1, 0.15) is 61.4 Å². The number of hydrogen-bond donors (Lipinski definition) is 2. The Kier molecular flexibility index (Phi) is 5.81. The van der Waals surface area contributed by atoms with Crippen molar-refractivity contribution >= 4 is 17.8 Å². The first-order valence-electron chi connectivity index (χ1n) is 11.0. The summed E-state index contributed by atoms with van der Waals surface area (Å²) in [6, 6.07) is 15.2. The summed E-state index contributed by atoms with van der Waals surface area (Å²) in [6.07, 6.45) is 4.86. The van der Waals surface area contributed by atoms with Gasteiger partial charge < -0.3 is 10.6 Å². The van der Waals surface area contributed by atoms with Crippen molar-refractivity contribution < 1.29 is 14.4 Å². The van der Waals surface area contributed by atoms with Crippen LogP contribution in [-0.2, 0) is 28.0 Å². The Balaban J connectivity index is 1.45. The summed E-state index contributed by atoms with van der Waals surface area (Å²) in [5, 5.41) is 5.80. The van der Waals surface area contributed by atoms with Gasteiger partial charge in [0.05, 0.1) is 6.04 Å². The maximum absolute atomic E-state index is 13.1. The average molecular weight is 420 g/mol. The van der Waals surface area contributed by atoms with Crippen LogP contribution in [-0.4, -0.2) is 29.3 Å². The summed E-state index contributed by atoms with van der Waals surface area (Å²) in [7, 11) is 0. The normalized spacial score (nSPS) is 22.8. The fourth-order valence-electron chi connectivity index (χ4n) is 4.62. The SMILES string of the molecule is CCCc1ccc([C@@]2(C)NC(=O)N(CC(=O)N[C@@H]3CCCc4ccccc43)C2=O)cc1. The third kappa shape index (κ3) is 4.07. The van der Waals surface area contributed by atoms with Crippen LogP contribution in [0.25, 0.3) is 0 Å². The number of imide groups is 1. The van der Waals surface area contributed by atoms with Crippen LogP contribution in [0.15, 0.2) is 48.5 Å². The molecule has 0 bridgehead atoms. The second-order valence-corrected chi connectivity index (χ2v) is 8.60. The van der Waals surface area contributed by atoms with E-state index in [1.165, 1.54) is 11.1 Å². The molecule has 0 unspecified atom stereocenters. The minimum absolute atomic E-state index is 0.0873. The Morgan fingerprint density at radius 2 is 1.90 bits per heavy atom. The molecular weight excluding hydrogens is 390 g/mol. The molecule has 2 aromatic carbocycles. The standard InChI is InChI=1S/C25H29N3O3/c1-3-7-17-12-14-19(15-13-17)25(2)23(30)28(24(31)27-25)16-22(29)26-21-11-6-9-18-8-4-5-10-20(18)21/h4-5,8,10,12-15,21H,3,6-7,9,11,16H2,1-2H3,(H,26,29)(H,27,31)/t21-,25-/m1/s1. The number of amides is 4. The van der Waals surface area contributed by atoms with E-state index in [9.17, 15) is 14.4 Å². The van der Waals surface area contributed by atoms with Crippen LogP contribution < -0.4 is 10.6 Å². The molecule has 1 aliphatic heterocycles. The molecule has 0 aromatic heterocycles. The zero-order valence-electron chi connectivity index (χ0n) is 18.1. The summed E-state index contributed by atoms with van der Waals surface area (Å²) >= 11 is 0. The Morgan fingerprint density at radius 3 is 2.65 bits per heavy atom. The molecule has 2 aromatic rings. The predicted molar refractivity (Wildman–Crippen MR) is 118 cm³/mol. The molecular formula is C25H29N3O3. The average Bonchev–Trinajstić information content (AvgIpc) is 2.98. The third-order valence-corrected chi connectivity index (χ3v) is 6.35. The lowest BCUT2D eigenvalue weighted by Gasteiger charge is -2.27. The van der Waals surface area contributed by atoms with Crippen molar-refractivity contribution in [2.24, 2.45) is 0 Å². The maximum Gasteiger partial charge on any atom is 0.325 e. The zero-order chi connectivity index (χ0) is 22.0. The fourth-order valence-corrected chi connectivity index (χ4v) is 4.62. The topological polar surface area (TPSA) is 78.5 Å². The van der Waals surface area contributed by atoms with Crippen LogP contribution in [0.2, 0.25) is 0 Å². The van der Waals surface area contributed by atoms with Gasteiger partial charge in [-0.25, -0.2) is 4.79 Å². The van der Waals surface area contributed by atoms with Crippen molar-refractivity contribution in [1.29, 1.82) is 0 Å². The van der Waals surface area contributed by atoms with E-state index in [0.29, 0.717) is 0 Å². The van der Waals surface area contributed by atoms with E-state index in [0.717, 1.165) is 48.1 Å². The van der Waals surface area contributed by atoms with Gasteiger partial charge in [-0.05, 0) is 54.9 Å². The smallest absolute Gasteiger partial charge is 0.325 e. The minimum Gasteiger partial charge on any atom is -0.348 e. The number of benzene rings is 2. The highest BCUT2D eigenvalue weighted by Gasteiger charge is 2.49. The van der Waals surface area contributed by atoms with Crippen LogP contribution in [0.3, 0.4) is 0 Å². The molecule has 1 fully saturated rings. The van der Waals surface area contributed by atoms with Gasteiger partial charge >= 0.3 is 6.03 Å². The number of rotatable bonds is 6. The fraction of sp³-hybridized carbons (Fsp3) is 0.400. The number of urea groups is 1. The lowest BCUT2D eigenvalue weighted by Crippen LogP contribution is -2.44. The maximum atomic E-state index is 13.1. The molecule has 2 atom stereocenters. The van der Waals surface area contributed by atoms with Gasteiger partial charge in [0, 0.05) is 0 Å². The lowest BCUT2D eigenvalue weighted by atomic mass is 9.88. The second kappa shape index (κ2) is 8.53. The van der Waals surface area contributed by atoms with Crippen molar-refractivity contribution in [3.05, 3.63) is 70.8 Å². The Morgan fingerprint density at radius 1 is 1.16 bits per heavy atom. The van der Waals surface area contributed by atoms with Gasteiger partial charge in [0.1, 0.15) is 12.1 Å². The molecule has 1 aliphatic carbocycles. The lowest BCUT2D eigenvalue weighted by molar-refractivity contribution is -0.135. The Hall–Kier alpha value is -3.15. The van der Waals surface area contributed by atoms with Crippen LogP contribution in [0.4, 0.5) is 4.79 Å². The number of carbonyl (C=O) groups is 3. The molecule has 162 valence electrons. The number of carbonyl (C=O) groups excluding carboxylic acids is 3. The Bertz CT molecular complexity index is 1000. The van der Waals surface area contributed by atoms with Crippen molar-refractivity contribution in [3.8, 4) is 0 Å². The minimum atomic E-state index is -1.17. The zero-order valence-corrected chi connectivity index (χ0v) is 18.1.